The molecule has 1 aromatic rings. The van der Waals surface area contributed by atoms with E-state index in [0.717, 1.165) is 13.1 Å². The highest BCUT2D eigenvalue weighted by molar-refractivity contribution is 14.0. The van der Waals surface area contributed by atoms with Crippen LogP contribution in [0, 0.1) is 0 Å². The number of nitrogens with zero attached hydrogens (tertiary/aromatic N) is 2. The van der Waals surface area contributed by atoms with E-state index in [0.29, 0.717) is 56.7 Å². The van der Waals surface area contributed by atoms with Crippen molar-refractivity contribution in [2.24, 2.45) is 4.99 Å². The zero-order valence-electron chi connectivity index (χ0n) is 16.9. The normalized spacial score (nSPS) is 17.4. The van der Waals surface area contributed by atoms with Gasteiger partial charge in [-0.3, -0.25) is 4.90 Å². The molecule has 0 aliphatic carbocycles. The van der Waals surface area contributed by atoms with Gasteiger partial charge in [-0.1, -0.05) is 0 Å². The van der Waals surface area contributed by atoms with Gasteiger partial charge in [0.2, 0.25) is 0 Å². The lowest BCUT2D eigenvalue weighted by atomic mass is 10.1. The van der Waals surface area contributed by atoms with Gasteiger partial charge in [-0.2, -0.15) is 0 Å². The molecular formula is C19H33IN4O4. The number of guanidine groups is 1. The van der Waals surface area contributed by atoms with Crippen LogP contribution in [-0.2, 0) is 11.3 Å². The second-order valence-corrected chi connectivity index (χ2v) is 6.93. The van der Waals surface area contributed by atoms with Crippen molar-refractivity contribution in [2.75, 3.05) is 53.0 Å². The molecule has 8 nitrogen and oxygen atoms in total. The van der Waals surface area contributed by atoms with Crippen LogP contribution in [-0.4, -0.2) is 79.7 Å². The van der Waals surface area contributed by atoms with Crippen LogP contribution < -0.4 is 15.4 Å². The number of ether oxygens (including phenoxy) is 2. The summed E-state index contributed by atoms with van der Waals surface area (Å²) in [6.07, 6.45) is 0. The second-order valence-electron chi connectivity index (χ2n) is 6.93. The number of phenols is 1. The number of rotatable bonds is 8. The molecule has 0 bridgehead atoms. The van der Waals surface area contributed by atoms with Gasteiger partial charge in [0.05, 0.1) is 32.5 Å². The van der Waals surface area contributed by atoms with Crippen LogP contribution in [0.5, 0.6) is 11.5 Å². The molecule has 0 amide bonds. The molecule has 160 valence electrons. The summed E-state index contributed by atoms with van der Waals surface area (Å²) in [6, 6.07) is 5.06. The molecule has 2 rings (SSSR count). The minimum absolute atomic E-state index is 0. The lowest BCUT2D eigenvalue weighted by Gasteiger charge is -2.34. The maximum Gasteiger partial charge on any atom is 0.191 e. The Morgan fingerprint density at radius 1 is 1.32 bits per heavy atom. The molecule has 1 fully saturated rings. The fraction of sp³-hybridized carbons (Fsp3) is 0.632. The molecule has 1 aliphatic heterocycles. The van der Waals surface area contributed by atoms with E-state index in [2.05, 4.69) is 20.5 Å². The van der Waals surface area contributed by atoms with E-state index in [1.807, 2.05) is 13.8 Å². The largest absolute Gasteiger partial charge is 0.508 e. The van der Waals surface area contributed by atoms with E-state index in [-0.39, 0.29) is 29.7 Å². The van der Waals surface area contributed by atoms with Crippen molar-refractivity contribution in [2.45, 2.75) is 26.0 Å². The first kappa shape index (κ1) is 24.7. The van der Waals surface area contributed by atoms with Crippen LogP contribution in [0.15, 0.2) is 23.2 Å². The van der Waals surface area contributed by atoms with Gasteiger partial charge in [0.1, 0.15) is 11.5 Å². The zero-order chi connectivity index (χ0) is 19.7. The molecule has 1 atom stereocenters. The SMILES string of the molecule is CCNC(=NCc1cc(OC)ccc1O)NCC(C)(O)CN1CCOCC1.I. The third-order valence-electron chi connectivity index (χ3n) is 4.34. The van der Waals surface area contributed by atoms with E-state index in [9.17, 15) is 10.2 Å². The van der Waals surface area contributed by atoms with Gasteiger partial charge in [-0.15, -0.1) is 24.0 Å². The topological polar surface area (TPSA) is 98.6 Å². The molecule has 1 aliphatic rings. The van der Waals surface area contributed by atoms with E-state index in [1.165, 1.54) is 0 Å². The average Bonchev–Trinajstić information content (AvgIpc) is 2.65. The fourth-order valence-corrected chi connectivity index (χ4v) is 2.89. The summed E-state index contributed by atoms with van der Waals surface area (Å²) in [7, 11) is 1.58. The van der Waals surface area contributed by atoms with Crippen LogP contribution in [0.4, 0.5) is 0 Å². The molecule has 0 aromatic heterocycles. The molecule has 1 heterocycles. The lowest BCUT2D eigenvalue weighted by Crippen LogP contribution is -2.52. The average molecular weight is 508 g/mol. The van der Waals surface area contributed by atoms with Crippen molar-refractivity contribution in [3.63, 3.8) is 0 Å². The summed E-state index contributed by atoms with van der Waals surface area (Å²) in [5.74, 6) is 1.43. The summed E-state index contributed by atoms with van der Waals surface area (Å²) >= 11 is 0. The number of phenolic OH excluding ortho intramolecular Hbond substituents is 1. The standard InChI is InChI=1S/C19H32N4O4.HI/c1-4-20-18(21-12-15-11-16(26-3)5-6-17(15)24)22-13-19(2,25)14-23-7-9-27-10-8-23;/h5-6,11,24-25H,4,7-10,12-14H2,1-3H3,(H2,20,21,22);1H. The molecule has 1 unspecified atom stereocenters. The molecule has 1 aromatic carbocycles. The molecule has 9 heteroatoms. The number of aliphatic hydroxyl groups is 1. The Kier molecular flexibility index (Phi) is 10.9. The molecule has 4 N–H and O–H groups in total. The quantitative estimate of drug-likeness (QED) is 0.238. The van der Waals surface area contributed by atoms with Gasteiger partial charge in [-0.05, 0) is 32.0 Å². The van der Waals surface area contributed by atoms with Crippen molar-refractivity contribution in [1.29, 1.82) is 0 Å². The van der Waals surface area contributed by atoms with E-state index < -0.39 is 5.60 Å². The number of benzene rings is 1. The first-order chi connectivity index (χ1) is 12.9. The Bertz CT molecular complexity index is 622. The van der Waals surface area contributed by atoms with Crippen LogP contribution in [0.3, 0.4) is 0 Å². The number of hydrogen-bond acceptors (Lipinski definition) is 6. The smallest absolute Gasteiger partial charge is 0.191 e. The first-order valence-corrected chi connectivity index (χ1v) is 9.34. The Hall–Kier alpha value is -1.30. The van der Waals surface area contributed by atoms with Gasteiger partial charge >= 0.3 is 0 Å². The number of morpholine rings is 1. The molecule has 0 saturated carbocycles. The summed E-state index contributed by atoms with van der Waals surface area (Å²) in [5, 5.41) is 27.0. The number of hydrogen-bond donors (Lipinski definition) is 4. The number of β-amino-alcohol motifs (C(OH)–C–C–N with tert-alkyl or cyclic N) is 1. The first-order valence-electron chi connectivity index (χ1n) is 9.34. The van der Waals surface area contributed by atoms with E-state index in [4.69, 9.17) is 9.47 Å². The third-order valence-corrected chi connectivity index (χ3v) is 4.34. The number of aromatic hydroxyl groups is 1. The molecule has 0 spiro atoms. The minimum atomic E-state index is -0.897. The maximum absolute atomic E-state index is 10.7. The number of methoxy groups -OCH3 is 1. The second kappa shape index (κ2) is 12.3. The highest BCUT2D eigenvalue weighted by atomic mass is 127. The Balaban J connectivity index is 0.00000392. The fourth-order valence-electron chi connectivity index (χ4n) is 2.89. The van der Waals surface area contributed by atoms with E-state index >= 15 is 0 Å². The molecule has 28 heavy (non-hydrogen) atoms. The summed E-state index contributed by atoms with van der Waals surface area (Å²) in [5.41, 5.74) is -0.224. The van der Waals surface area contributed by atoms with Crippen molar-refractivity contribution in [1.82, 2.24) is 15.5 Å². The summed E-state index contributed by atoms with van der Waals surface area (Å²) in [6.45, 7) is 8.79. The molecular weight excluding hydrogens is 475 g/mol. The number of halogens is 1. The Morgan fingerprint density at radius 2 is 2.04 bits per heavy atom. The lowest BCUT2D eigenvalue weighted by molar-refractivity contribution is -0.0201. The van der Waals surface area contributed by atoms with Crippen LogP contribution in [0.2, 0.25) is 0 Å². The maximum atomic E-state index is 10.7. The van der Waals surface area contributed by atoms with Gasteiger partial charge in [0, 0.05) is 38.3 Å². The number of aliphatic imine (C=N–C) groups is 1. The van der Waals surface area contributed by atoms with E-state index in [1.54, 1.807) is 25.3 Å². The predicted molar refractivity (Wildman–Crippen MR) is 121 cm³/mol. The van der Waals surface area contributed by atoms with Crippen molar-refractivity contribution >= 4 is 29.9 Å². The molecule has 1 saturated heterocycles. The Morgan fingerprint density at radius 3 is 2.68 bits per heavy atom. The van der Waals surface area contributed by atoms with Crippen molar-refractivity contribution in [3.8, 4) is 11.5 Å². The van der Waals surface area contributed by atoms with Crippen LogP contribution in [0.1, 0.15) is 19.4 Å². The minimum Gasteiger partial charge on any atom is -0.508 e. The molecule has 0 radical (unpaired) electrons. The van der Waals surface area contributed by atoms with Gasteiger partial charge in [0.25, 0.3) is 0 Å². The third kappa shape index (κ3) is 8.38. The highest BCUT2D eigenvalue weighted by Gasteiger charge is 2.25. The summed E-state index contributed by atoms with van der Waals surface area (Å²) in [4.78, 5) is 6.70. The zero-order valence-corrected chi connectivity index (χ0v) is 19.2. The monoisotopic (exact) mass is 508 g/mol. The summed E-state index contributed by atoms with van der Waals surface area (Å²) < 4.78 is 10.5. The van der Waals surface area contributed by atoms with Crippen LogP contribution >= 0.6 is 24.0 Å². The van der Waals surface area contributed by atoms with Crippen molar-refractivity contribution in [3.05, 3.63) is 23.8 Å². The Labute approximate surface area is 184 Å². The van der Waals surface area contributed by atoms with Gasteiger partial charge in [0.15, 0.2) is 5.96 Å². The van der Waals surface area contributed by atoms with Crippen LogP contribution in [0.25, 0.3) is 0 Å². The van der Waals surface area contributed by atoms with Gasteiger partial charge in [-0.25, -0.2) is 4.99 Å². The van der Waals surface area contributed by atoms with Gasteiger partial charge < -0.3 is 30.3 Å². The van der Waals surface area contributed by atoms with Crippen molar-refractivity contribution < 1.29 is 19.7 Å². The number of nitrogens with one attached hydrogen (secondary N) is 2. The predicted octanol–water partition coefficient (Wildman–Crippen LogP) is 1.16. The highest BCUT2D eigenvalue weighted by Crippen LogP contribution is 2.23.